The van der Waals surface area contributed by atoms with Gasteiger partial charge in [-0.1, -0.05) is 25.7 Å². The summed E-state index contributed by atoms with van der Waals surface area (Å²) in [7, 11) is 0. The fourth-order valence-corrected chi connectivity index (χ4v) is 2.57. The molecule has 17 heavy (non-hydrogen) atoms. The second-order valence-electron chi connectivity index (χ2n) is 4.97. The summed E-state index contributed by atoms with van der Waals surface area (Å²) in [6, 6.07) is 0.346. The van der Waals surface area contributed by atoms with Crippen molar-refractivity contribution >= 4 is 5.91 Å². The number of aromatic nitrogens is 2. The third kappa shape index (κ3) is 2.87. The minimum atomic E-state index is 0.0284. The van der Waals surface area contributed by atoms with Crippen molar-refractivity contribution in [2.24, 2.45) is 0 Å². The molecule has 4 nitrogen and oxygen atoms in total. The quantitative estimate of drug-likeness (QED) is 0.774. The minimum Gasteiger partial charge on any atom is -0.349 e. The summed E-state index contributed by atoms with van der Waals surface area (Å²) in [6.45, 7) is 3.76. The fraction of sp³-hybridized carbons (Fsp3) is 0.692. The van der Waals surface area contributed by atoms with Gasteiger partial charge in [-0.05, 0) is 26.7 Å². The van der Waals surface area contributed by atoms with Gasteiger partial charge in [-0.2, -0.15) is 5.10 Å². The van der Waals surface area contributed by atoms with Gasteiger partial charge in [0.05, 0.1) is 11.3 Å². The molecule has 1 saturated carbocycles. The molecule has 1 aromatic rings. The first-order chi connectivity index (χ1) is 8.18. The number of H-pyrrole nitrogens is 1. The second-order valence-corrected chi connectivity index (χ2v) is 4.97. The summed E-state index contributed by atoms with van der Waals surface area (Å²) in [5.74, 6) is 0.0284. The van der Waals surface area contributed by atoms with Crippen LogP contribution in [0.3, 0.4) is 0 Å². The van der Waals surface area contributed by atoms with Crippen LogP contribution in [0, 0.1) is 13.8 Å². The monoisotopic (exact) mass is 235 g/mol. The summed E-state index contributed by atoms with van der Waals surface area (Å²) in [5, 5.41) is 10.1. The van der Waals surface area contributed by atoms with Crippen LogP contribution < -0.4 is 5.32 Å². The molecule has 0 atom stereocenters. The molecule has 0 saturated heterocycles. The van der Waals surface area contributed by atoms with Crippen LogP contribution >= 0.6 is 0 Å². The number of nitrogens with one attached hydrogen (secondary N) is 2. The molecule has 2 N–H and O–H groups in total. The first-order valence-corrected chi connectivity index (χ1v) is 6.51. The van der Waals surface area contributed by atoms with Gasteiger partial charge in [-0.25, -0.2) is 0 Å². The molecule has 1 amide bonds. The first-order valence-electron chi connectivity index (χ1n) is 6.51. The van der Waals surface area contributed by atoms with Gasteiger partial charge in [0.2, 0.25) is 0 Å². The van der Waals surface area contributed by atoms with E-state index in [-0.39, 0.29) is 5.91 Å². The van der Waals surface area contributed by atoms with Gasteiger partial charge < -0.3 is 5.32 Å². The maximum Gasteiger partial charge on any atom is 0.255 e. The lowest BCUT2D eigenvalue weighted by Gasteiger charge is -2.16. The zero-order chi connectivity index (χ0) is 12.3. The molecule has 94 valence electrons. The van der Waals surface area contributed by atoms with Crippen LogP contribution in [0.5, 0.6) is 0 Å². The van der Waals surface area contributed by atoms with Gasteiger partial charge in [-0.15, -0.1) is 0 Å². The lowest BCUT2D eigenvalue weighted by Crippen LogP contribution is -2.34. The Labute approximate surface area is 102 Å². The molecule has 1 heterocycles. The van der Waals surface area contributed by atoms with Gasteiger partial charge in [0.15, 0.2) is 0 Å². The van der Waals surface area contributed by atoms with Gasteiger partial charge in [-0.3, -0.25) is 9.89 Å². The largest absolute Gasteiger partial charge is 0.349 e. The van der Waals surface area contributed by atoms with Crippen LogP contribution in [-0.4, -0.2) is 22.1 Å². The summed E-state index contributed by atoms with van der Waals surface area (Å²) in [6.07, 6.45) is 7.29. The van der Waals surface area contributed by atoms with Crippen LogP contribution in [0.25, 0.3) is 0 Å². The van der Waals surface area contributed by atoms with Crippen molar-refractivity contribution in [2.75, 3.05) is 0 Å². The molecule has 1 aromatic heterocycles. The lowest BCUT2D eigenvalue weighted by atomic mass is 10.1. The highest BCUT2D eigenvalue weighted by Gasteiger charge is 2.19. The van der Waals surface area contributed by atoms with Crippen molar-refractivity contribution in [3.63, 3.8) is 0 Å². The molecular weight excluding hydrogens is 214 g/mol. The van der Waals surface area contributed by atoms with Crippen LogP contribution in [0.2, 0.25) is 0 Å². The van der Waals surface area contributed by atoms with Gasteiger partial charge in [0.1, 0.15) is 0 Å². The highest BCUT2D eigenvalue weighted by Crippen LogP contribution is 2.18. The molecule has 2 rings (SSSR count). The predicted octanol–water partition coefficient (Wildman–Crippen LogP) is 2.48. The van der Waals surface area contributed by atoms with E-state index in [1.807, 2.05) is 13.8 Å². The number of aryl methyl sites for hydroxylation is 2. The molecule has 0 aliphatic heterocycles. The van der Waals surface area contributed by atoms with E-state index in [2.05, 4.69) is 15.5 Å². The van der Waals surface area contributed by atoms with E-state index in [9.17, 15) is 4.79 Å². The van der Waals surface area contributed by atoms with E-state index >= 15 is 0 Å². The SMILES string of the molecule is Cc1n[nH]c(C)c1C(=O)NC1CCCCCC1. The number of carbonyl (C=O) groups is 1. The summed E-state index contributed by atoms with van der Waals surface area (Å²) >= 11 is 0. The molecule has 1 aliphatic carbocycles. The summed E-state index contributed by atoms with van der Waals surface area (Å²) in [4.78, 5) is 12.2. The average Bonchev–Trinajstić information content (AvgIpc) is 2.53. The molecule has 0 bridgehead atoms. The van der Waals surface area contributed by atoms with E-state index in [1.54, 1.807) is 0 Å². The van der Waals surface area contributed by atoms with E-state index in [0.717, 1.165) is 24.2 Å². The lowest BCUT2D eigenvalue weighted by molar-refractivity contribution is 0.0932. The molecule has 0 unspecified atom stereocenters. The minimum absolute atomic E-state index is 0.0284. The topological polar surface area (TPSA) is 57.8 Å². The number of nitrogens with zero attached hydrogens (tertiary/aromatic N) is 1. The first kappa shape index (κ1) is 12.1. The molecule has 1 fully saturated rings. The maximum atomic E-state index is 12.2. The zero-order valence-electron chi connectivity index (χ0n) is 10.7. The Morgan fingerprint density at radius 3 is 2.41 bits per heavy atom. The van der Waals surface area contributed by atoms with Crippen molar-refractivity contribution in [3.05, 3.63) is 17.0 Å². The normalized spacial score (nSPS) is 17.8. The summed E-state index contributed by atoms with van der Waals surface area (Å²) < 4.78 is 0. The molecule has 4 heteroatoms. The predicted molar refractivity (Wildman–Crippen MR) is 67.0 cm³/mol. The van der Waals surface area contributed by atoms with Crippen LogP contribution in [0.4, 0.5) is 0 Å². The Balaban J connectivity index is 2.01. The molecular formula is C13H21N3O. The fourth-order valence-electron chi connectivity index (χ4n) is 2.57. The molecule has 0 aromatic carbocycles. The van der Waals surface area contributed by atoms with E-state index < -0.39 is 0 Å². The highest BCUT2D eigenvalue weighted by atomic mass is 16.1. The number of amides is 1. The van der Waals surface area contributed by atoms with Crippen LogP contribution in [0.1, 0.15) is 60.3 Å². The van der Waals surface area contributed by atoms with E-state index in [1.165, 1.54) is 25.7 Å². The number of aromatic amines is 1. The van der Waals surface area contributed by atoms with Crippen molar-refractivity contribution in [1.29, 1.82) is 0 Å². The van der Waals surface area contributed by atoms with Crippen molar-refractivity contribution in [2.45, 2.75) is 58.4 Å². The zero-order valence-corrected chi connectivity index (χ0v) is 10.7. The van der Waals surface area contributed by atoms with E-state index in [0.29, 0.717) is 11.6 Å². The number of rotatable bonds is 2. The van der Waals surface area contributed by atoms with E-state index in [4.69, 9.17) is 0 Å². The smallest absolute Gasteiger partial charge is 0.255 e. The van der Waals surface area contributed by atoms with Crippen molar-refractivity contribution < 1.29 is 4.79 Å². The third-order valence-corrected chi connectivity index (χ3v) is 3.55. The van der Waals surface area contributed by atoms with Crippen molar-refractivity contribution in [3.8, 4) is 0 Å². The molecule has 0 radical (unpaired) electrons. The number of hydrogen-bond acceptors (Lipinski definition) is 2. The van der Waals surface area contributed by atoms with Gasteiger partial charge in [0.25, 0.3) is 5.91 Å². The number of hydrogen-bond donors (Lipinski definition) is 2. The second kappa shape index (κ2) is 5.34. The molecule has 0 spiro atoms. The van der Waals surface area contributed by atoms with Gasteiger partial charge >= 0.3 is 0 Å². The molecule has 1 aliphatic rings. The Bertz CT molecular complexity index is 370. The Morgan fingerprint density at radius 1 is 1.24 bits per heavy atom. The highest BCUT2D eigenvalue weighted by molar-refractivity contribution is 5.96. The van der Waals surface area contributed by atoms with Crippen LogP contribution in [0.15, 0.2) is 0 Å². The maximum absolute atomic E-state index is 12.2. The Kier molecular flexibility index (Phi) is 3.82. The summed E-state index contributed by atoms with van der Waals surface area (Å²) in [5.41, 5.74) is 2.36. The third-order valence-electron chi connectivity index (χ3n) is 3.55. The standard InChI is InChI=1S/C13H21N3O/c1-9-12(10(2)16-15-9)13(17)14-11-7-5-3-4-6-8-11/h11H,3-8H2,1-2H3,(H,14,17)(H,15,16). The average molecular weight is 235 g/mol. The van der Waals surface area contributed by atoms with Gasteiger partial charge in [0, 0.05) is 11.7 Å². The Morgan fingerprint density at radius 2 is 1.88 bits per heavy atom. The van der Waals surface area contributed by atoms with Crippen LogP contribution in [-0.2, 0) is 0 Å². The number of carbonyl (C=O) groups excluding carboxylic acids is 1. The van der Waals surface area contributed by atoms with Crippen molar-refractivity contribution in [1.82, 2.24) is 15.5 Å². The Hall–Kier alpha value is -1.32.